The van der Waals surface area contributed by atoms with E-state index in [0.29, 0.717) is 6.54 Å². The van der Waals surface area contributed by atoms with E-state index < -0.39 is 0 Å². The highest BCUT2D eigenvalue weighted by Gasteiger charge is 2.02. The monoisotopic (exact) mass is 198 g/mol. The molecule has 0 aliphatic rings. The van der Waals surface area contributed by atoms with Crippen molar-refractivity contribution in [3.8, 4) is 11.1 Å². The zero-order valence-electron chi connectivity index (χ0n) is 8.77. The van der Waals surface area contributed by atoms with Gasteiger partial charge >= 0.3 is 0 Å². The number of nitrogens with zero attached hydrogens (tertiary/aromatic N) is 1. The maximum Gasteiger partial charge on any atom is 0.0346 e. The van der Waals surface area contributed by atoms with Crippen LogP contribution in [0.15, 0.2) is 42.7 Å². The Morgan fingerprint density at radius 1 is 1.20 bits per heavy atom. The van der Waals surface area contributed by atoms with E-state index in [-0.39, 0.29) is 0 Å². The largest absolute Gasteiger partial charge is 0.326 e. The Bertz CT molecular complexity index is 464. The van der Waals surface area contributed by atoms with E-state index in [1.54, 1.807) is 0 Å². The molecule has 0 spiro atoms. The van der Waals surface area contributed by atoms with Crippen LogP contribution in [-0.2, 0) is 6.54 Å². The highest BCUT2D eigenvalue weighted by molar-refractivity contribution is 5.66. The standard InChI is InChI=1S/C13H14N2/c1-10-6-12(9-15-8-10)13-5-3-2-4-11(13)7-14/h2-6,8-9H,7,14H2,1H3. The van der Waals surface area contributed by atoms with E-state index in [4.69, 9.17) is 5.73 Å². The number of benzene rings is 1. The van der Waals surface area contributed by atoms with Gasteiger partial charge in [-0.2, -0.15) is 0 Å². The average Bonchev–Trinajstić information content (AvgIpc) is 2.29. The summed E-state index contributed by atoms with van der Waals surface area (Å²) in [6, 6.07) is 10.3. The van der Waals surface area contributed by atoms with Crippen LogP contribution in [0.2, 0.25) is 0 Å². The summed E-state index contributed by atoms with van der Waals surface area (Å²) < 4.78 is 0. The first-order chi connectivity index (χ1) is 7.31. The lowest BCUT2D eigenvalue weighted by Gasteiger charge is -2.07. The number of nitrogens with two attached hydrogens (primary N) is 1. The summed E-state index contributed by atoms with van der Waals surface area (Å²) in [6.45, 7) is 2.60. The quantitative estimate of drug-likeness (QED) is 0.805. The normalized spacial score (nSPS) is 10.3. The van der Waals surface area contributed by atoms with E-state index in [1.165, 1.54) is 11.1 Å². The second kappa shape index (κ2) is 4.24. The molecule has 0 radical (unpaired) electrons. The summed E-state index contributed by atoms with van der Waals surface area (Å²) in [6.07, 6.45) is 3.73. The van der Waals surface area contributed by atoms with E-state index in [9.17, 15) is 0 Å². The highest BCUT2D eigenvalue weighted by Crippen LogP contribution is 2.23. The number of pyridine rings is 1. The van der Waals surface area contributed by atoms with Crippen LogP contribution in [0.25, 0.3) is 11.1 Å². The lowest BCUT2D eigenvalue weighted by atomic mass is 10.0. The zero-order chi connectivity index (χ0) is 10.7. The van der Waals surface area contributed by atoms with Gasteiger partial charge in [-0.05, 0) is 29.7 Å². The summed E-state index contributed by atoms with van der Waals surface area (Å²) in [5.41, 5.74) is 10.3. The Balaban J connectivity index is 2.53. The third kappa shape index (κ3) is 2.05. The van der Waals surface area contributed by atoms with Gasteiger partial charge in [-0.1, -0.05) is 24.3 Å². The number of hydrogen-bond acceptors (Lipinski definition) is 2. The van der Waals surface area contributed by atoms with Crippen LogP contribution < -0.4 is 5.73 Å². The molecule has 0 fully saturated rings. The molecule has 15 heavy (non-hydrogen) atoms. The summed E-state index contributed by atoms with van der Waals surface area (Å²) >= 11 is 0. The number of rotatable bonds is 2. The smallest absolute Gasteiger partial charge is 0.0346 e. The molecule has 2 rings (SSSR count). The third-order valence-electron chi connectivity index (χ3n) is 2.42. The van der Waals surface area contributed by atoms with Crippen LogP contribution in [0.4, 0.5) is 0 Å². The van der Waals surface area contributed by atoms with Gasteiger partial charge in [0.1, 0.15) is 0 Å². The zero-order valence-corrected chi connectivity index (χ0v) is 8.77. The molecule has 2 heteroatoms. The molecule has 1 heterocycles. The molecule has 1 aromatic carbocycles. The van der Waals surface area contributed by atoms with Crippen molar-refractivity contribution < 1.29 is 0 Å². The molecule has 0 aliphatic carbocycles. The average molecular weight is 198 g/mol. The molecule has 2 nitrogen and oxygen atoms in total. The second-order valence-electron chi connectivity index (χ2n) is 3.61. The van der Waals surface area contributed by atoms with Crippen molar-refractivity contribution in [1.29, 1.82) is 0 Å². The molecule has 0 saturated heterocycles. The van der Waals surface area contributed by atoms with E-state index in [1.807, 2.05) is 31.5 Å². The van der Waals surface area contributed by atoms with Gasteiger partial charge in [-0.3, -0.25) is 4.98 Å². The van der Waals surface area contributed by atoms with Crippen molar-refractivity contribution in [2.75, 3.05) is 0 Å². The van der Waals surface area contributed by atoms with Crippen molar-refractivity contribution in [2.45, 2.75) is 13.5 Å². The minimum absolute atomic E-state index is 0.560. The Kier molecular flexibility index (Phi) is 2.79. The van der Waals surface area contributed by atoms with E-state index in [2.05, 4.69) is 23.2 Å². The van der Waals surface area contributed by atoms with Crippen molar-refractivity contribution >= 4 is 0 Å². The van der Waals surface area contributed by atoms with Gasteiger partial charge in [0, 0.05) is 24.5 Å². The summed E-state index contributed by atoms with van der Waals surface area (Å²) in [7, 11) is 0. The first-order valence-corrected chi connectivity index (χ1v) is 5.01. The number of aryl methyl sites for hydroxylation is 1. The fourth-order valence-electron chi connectivity index (χ4n) is 1.68. The molecular weight excluding hydrogens is 184 g/mol. The topological polar surface area (TPSA) is 38.9 Å². The highest BCUT2D eigenvalue weighted by atomic mass is 14.6. The van der Waals surface area contributed by atoms with Crippen molar-refractivity contribution in [3.63, 3.8) is 0 Å². The predicted octanol–water partition coefficient (Wildman–Crippen LogP) is 2.52. The van der Waals surface area contributed by atoms with Crippen LogP contribution in [-0.4, -0.2) is 4.98 Å². The van der Waals surface area contributed by atoms with Crippen LogP contribution in [0, 0.1) is 6.92 Å². The fraction of sp³-hybridized carbons (Fsp3) is 0.154. The third-order valence-corrected chi connectivity index (χ3v) is 2.42. The Morgan fingerprint density at radius 2 is 2.00 bits per heavy atom. The Hall–Kier alpha value is -1.67. The van der Waals surface area contributed by atoms with Gasteiger partial charge in [0.15, 0.2) is 0 Å². The minimum atomic E-state index is 0.560. The van der Waals surface area contributed by atoms with E-state index in [0.717, 1.165) is 11.1 Å². The molecule has 2 aromatic rings. The first kappa shape index (κ1) is 9.87. The van der Waals surface area contributed by atoms with Gasteiger partial charge in [-0.25, -0.2) is 0 Å². The molecular formula is C13H14N2. The Morgan fingerprint density at radius 3 is 2.73 bits per heavy atom. The van der Waals surface area contributed by atoms with Gasteiger partial charge in [0.2, 0.25) is 0 Å². The van der Waals surface area contributed by atoms with Crippen LogP contribution in [0.1, 0.15) is 11.1 Å². The lowest BCUT2D eigenvalue weighted by Crippen LogP contribution is -1.98. The number of aromatic nitrogens is 1. The molecule has 0 bridgehead atoms. The predicted molar refractivity (Wildman–Crippen MR) is 62.3 cm³/mol. The second-order valence-corrected chi connectivity index (χ2v) is 3.61. The van der Waals surface area contributed by atoms with E-state index >= 15 is 0 Å². The molecule has 76 valence electrons. The fourth-order valence-corrected chi connectivity index (χ4v) is 1.68. The van der Waals surface area contributed by atoms with Crippen molar-refractivity contribution in [3.05, 3.63) is 53.9 Å². The van der Waals surface area contributed by atoms with Crippen LogP contribution >= 0.6 is 0 Å². The van der Waals surface area contributed by atoms with Gasteiger partial charge in [0.25, 0.3) is 0 Å². The lowest BCUT2D eigenvalue weighted by molar-refractivity contribution is 1.07. The molecule has 0 aliphatic heterocycles. The van der Waals surface area contributed by atoms with Gasteiger partial charge in [0.05, 0.1) is 0 Å². The Labute approximate surface area is 89.8 Å². The summed E-state index contributed by atoms with van der Waals surface area (Å²) in [4.78, 5) is 4.20. The SMILES string of the molecule is Cc1cncc(-c2ccccc2CN)c1. The van der Waals surface area contributed by atoms with Gasteiger partial charge < -0.3 is 5.73 Å². The van der Waals surface area contributed by atoms with Crippen LogP contribution in [0.3, 0.4) is 0 Å². The maximum atomic E-state index is 5.71. The maximum absolute atomic E-state index is 5.71. The molecule has 0 unspecified atom stereocenters. The molecule has 2 N–H and O–H groups in total. The van der Waals surface area contributed by atoms with Gasteiger partial charge in [-0.15, -0.1) is 0 Å². The first-order valence-electron chi connectivity index (χ1n) is 5.01. The molecule has 1 aromatic heterocycles. The summed E-state index contributed by atoms with van der Waals surface area (Å²) in [5.74, 6) is 0. The van der Waals surface area contributed by atoms with Crippen molar-refractivity contribution in [2.24, 2.45) is 5.73 Å². The minimum Gasteiger partial charge on any atom is -0.326 e. The van der Waals surface area contributed by atoms with Crippen molar-refractivity contribution in [1.82, 2.24) is 4.98 Å². The number of hydrogen-bond donors (Lipinski definition) is 1. The molecule has 0 saturated carbocycles. The molecule has 0 amide bonds. The molecule has 0 atom stereocenters. The summed E-state index contributed by atoms with van der Waals surface area (Å²) in [5, 5.41) is 0. The van der Waals surface area contributed by atoms with Crippen LogP contribution in [0.5, 0.6) is 0 Å².